The van der Waals surface area contributed by atoms with E-state index in [1.54, 1.807) is 10.4 Å². The Morgan fingerprint density at radius 1 is 1.18 bits per heavy atom. The number of piperidine rings is 1. The maximum atomic E-state index is 12.4. The van der Waals surface area contributed by atoms with Crippen LogP contribution in [0.25, 0.3) is 0 Å². The lowest BCUT2D eigenvalue weighted by Crippen LogP contribution is -2.35. The average Bonchev–Trinajstić information content (AvgIpc) is 2.29. The van der Waals surface area contributed by atoms with E-state index in [2.05, 4.69) is 15.9 Å². The van der Waals surface area contributed by atoms with Crippen LogP contribution in [0.5, 0.6) is 0 Å². The number of hydrogen-bond acceptors (Lipinski definition) is 2. The van der Waals surface area contributed by atoms with E-state index in [-0.39, 0.29) is 0 Å². The van der Waals surface area contributed by atoms with Gasteiger partial charge in [0, 0.05) is 17.6 Å². The van der Waals surface area contributed by atoms with E-state index in [9.17, 15) is 8.42 Å². The highest BCUT2D eigenvalue weighted by atomic mass is 79.9. The van der Waals surface area contributed by atoms with Crippen LogP contribution in [0, 0.1) is 6.92 Å². The molecule has 1 heterocycles. The lowest BCUT2D eigenvalue weighted by molar-refractivity contribution is 0.346. The van der Waals surface area contributed by atoms with Gasteiger partial charge in [-0.15, -0.1) is 0 Å². The van der Waals surface area contributed by atoms with Crippen LogP contribution >= 0.6 is 15.9 Å². The fourth-order valence-corrected chi connectivity index (χ4v) is 4.73. The fourth-order valence-electron chi connectivity index (χ4n) is 2.06. The molecule has 0 aromatic heterocycles. The molecule has 0 saturated carbocycles. The van der Waals surface area contributed by atoms with E-state index in [0.29, 0.717) is 22.5 Å². The van der Waals surface area contributed by atoms with Gasteiger partial charge in [-0.2, -0.15) is 4.31 Å². The van der Waals surface area contributed by atoms with Crippen molar-refractivity contribution >= 4 is 26.0 Å². The normalized spacial score (nSPS) is 18.2. The first-order chi connectivity index (χ1) is 8.01. The Bertz CT molecular complexity index is 507. The van der Waals surface area contributed by atoms with Gasteiger partial charge in [0.25, 0.3) is 0 Å². The second-order valence-corrected chi connectivity index (χ2v) is 7.16. The Balaban J connectivity index is 2.37. The molecule has 0 amide bonds. The molecule has 17 heavy (non-hydrogen) atoms. The summed E-state index contributed by atoms with van der Waals surface area (Å²) in [5.41, 5.74) is 1.05. The van der Waals surface area contributed by atoms with Gasteiger partial charge in [-0.3, -0.25) is 0 Å². The highest BCUT2D eigenvalue weighted by molar-refractivity contribution is 9.10. The van der Waals surface area contributed by atoms with Gasteiger partial charge in [0.1, 0.15) is 0 Å². The molecule has 1 fully saturated rings. The summed E-state index contributed by atoms with van der Waals surface area (Å²) in [6, 6.07) is 5.36. The van der Waals surface area contributed by atoms with Crippen molar-refractivity contribution in [3.8, 4) is 0 Å². The topological polar surface area (TPSA) is 37.4 Å². The standard InChI is InChI=1S/C12H16BrNO2S/c1-10-5-6-12(11(13)9-10)17(15,16)14-7-3-2-4-8-14/h5-6,9H,2-4,7-8H2,1H3. The summed E-state index contributed by atoms with van der Waals surface area (Å²) in [6.07, 6.45) is 3.05. The minimum absolute atomic E-state index is 0.380. The number of benzene rings is 1. The molecule has 0 bridgehead atoms. The fraction of sp³-hybridized carbons (Fsp3) is 0.500. The number of nitrogens with zero attached hydrogens (tertiary/aromatic N) is 1. The molecule has 0 aliphatic carbocycles. The van der Waals surface area contributed by atoms with Crippen LogP contribution in [0.1, 0.15) is 24.8 Å². The van der Waals surface area contributed by atoms with Gasteiger partial charge < -0.3 is 0 Å². The molecular formula is C12H16BrNO2S. The molecular weight excluding hydrogens is 302 g/mol. The first-order valence-corrected chi connectivity index (χ1v) is 8.01. The Hall–Kier alpha value is -0.390. The van der Waals surface area contributed by atoms with Crippen molar-refractivity contribution < 1.29 is 8.42 Å². The van der Waals surface area contributed by atoms with E-state index in [0.717, 1.165) is 24.8 Å². The summed E-state index contributed by atoms with van der Waals surface area (Å²) >= 11 is 3.34. The molecule has 0 unspecified atom stereocenters. The Kier molecular flexibility index (Phi) is 3.90. The summed E-state index contributed by atoms with van der Waals surface area (Å²) in [7, 11) is -3.32. The average molecular weight is 318 g/mol. The summed E-state index contributed by atoms with van der Waals surface area (Å²) < 4.78 is 27.1. The molecule has 2 rings (SSSR count). The van der Waals surface area contributed by atoms with Gasteiger partial charge in [-0.25, -0.2) is 8.42 Å². The monoisotopic (exact) mass is 317 g/mol. The highest BCUT2D eigenvalue weighted by Crippen LogP contribution is 2.27. The van der Waals surface area contributed by atoms with Gasteiger partial charge >= 0.3 is 0 Å². The zero-order valence-electron chi connectivity index (χ0n) is 9.82. The second-order valence-electron chi connectivity index (χ2n) is 4.40. The van der Waals surface area contributed by atoms with Crippen molar-refractivity contribution in [1.29, 1.82) is 0 Å². The summed E-state index contributed by atoms with van der Waals surface area (Å²) in [5, 5.41) is 0. The molecule has 0 radical (unpaired) electrons. The lowest BCUT2D eigenvalue weighted by Gasteiger charge is -2.26. The molecule has 0 spiro atoms. The van der Waals surface area contributed by atoms with E-state index >= 15 is 0 Å². The van der Waals surface area contributed by atoms with Crippen LogP contribution in [0.4, 0.5) is 0 Å². The number of hydrogen-bond donors (Lipinski definition) is 0. The van der Waals surface area contributed by atoms with Crippen molar-refractivity contribution in [3.05, 3.63) is 28.2 Å². The van der Waals surface area contributed by atoms with Gasteiger partial charge in [-0.1, -0.05) is 12.5 Å². The van der Waals surface area contributed by atoms with E-state index in [1.807, 2.05) is 19.1 Å². The molecule has 0 atom stereocenters. The quantitative estimate of drug-likeness (QED) is 0.841. The zero-order chi connectivity index (χ0) is 12.5. The molecule has 1 aliphatic rings. The van der Waals surface area contributed by atoms with Crippen molar-refractivity contribution in [2.45, 2.75) is 31.1 Å². The third-order valence-corrected chi connectivity index (χ3v) is 5.90. The maximum absolute atomic E-state index is 12.4. The number of aryl methyl sites for hydroxylation is 1. The first kappa shape index (κ1) is 13.1. The number of halogens is 1. The van der Waals surface area contributed by atoms with Gasteiger partial charge in [0.2, 0.25) is 10.0 Å². The highest BCUT2D eigenvalue weighted by Gasteiger charge is 2.27. The minimum atomic E-state index is -3.32. The SMILES string of the molecule is Cc1ccc(S(=O)(=O)N2CCCCC2)c(Br)c1. The summed E-state index contributed by atoms with van der Waals surface area (Å²) in [4.78, 5) is 0.380. The number of rotatable bonds is 2. The van der Waals surface area contributed by atoms with Crippen molar-refractivity contribution in [2.75, 3.05) is 13.1 Å². The van der Waals surface area contributed by atoms with Gasteiger partial charge in [0.15, 0.2) is 0 Å². The van der Waals surface area contributed by atoms with Crippen molar-refractivity contribution in [1.82, 2.24) is 4.31 Å². The predicted molar refractivity (Wildman–Crippen MR) is 71.5 cm³/mol. The molecule has 0 N–H and O–H groups in total. The Labute approximate surface area is 111 Å². The van der Waals surface area contributed by atoms with E-state index in [4.69, 9.17) is 0 Å². The van der Waals surface area contributed by atoms with Crippen molar-refractivity contribution in [2.24, 2.45) is 0 Å². The van der Waals surface area contributed by atoms with E-state index in [1.165, 1.54) is 0 Å². The second kappa shape index (κ2) is 5.08. The van der Waals surface area contributed by atoms with Crippen LogP contribution in [0.3, 0.4) is 0 Å². The lowest BCUT2D eigenvalue weighted by atomic mass is 10.2. The molecule has 1 aliphatic heterocycles. The predicted octanol–water partition coefficient (Wildman–Crippen LogP) is 2.93. The van der Waals surface area contributed by atoms with E-state index < -0.39 is 10.0 Å². The zero-order valence-corrected chi connectivity index (χ0v) is 12.2. The molecule has 1 aromatic rings. The largest absolute Gasteiger partial charge is 0.244 e. The van der Waals surface area contributed by atoms with Crippen LogP contribution in [-0.2, 0) is 10.0 Å². The number of sulfonamides is 1. The van der Waals surface area contributed by atoms with Crippen LogP contribution in [0.15, 0.2) is 27.6 Å². The molecule has 1 aromatic carbocycles. The van der Waals surface area contributed by atoms with Crippen LogP contribution < -0.4 is 0 Å². The molecule has 1 saturated heterocycles. The first-order valence-electron chi connectivity index (χ1n) is 5.78. The molecule has 94 valence electrons. The van der Waals surface area contributed by atoms with Crippen molar-refractivity contribution in [3.63, 3.8) is 0 Å². The van der Waals surface area contributed by atoms with Crippen LogP contribution in [0.2, 0.25) is 0 Å². The summed E-state index contributed by atoms with van der Waals surface area (Å²) in [5.74, 6) is 0. The maximum Gasteiger partial charge on any atom is 0.244 e. The van der Waals surface area contributed by atoms with Gasteiger partial charge in [0.05, 0.1) is 4.90 Å². The Morgan fingerprint density at radius 3 is 2.41 bits per heavy atom. The van der Waals surface area contributed by atoms with Crippen LogP contribution in [-0.4, -0.2) is 25.8 Å². The third-order valence-electron chi connectivity index (χ3n) is 3.02. The minimum Gasteiger partial charge on any atom is -0.207 e. The summed E-state index contributed by atoms with van der Waals surface area (Å²) in [6.45, 7) is 3.23. The van der Waals surface area contributed by atoms with Gasteiger partial charge in [-0.05, 0) is 53.4 Å². The smallest absolute Gasteiger partial charge is 0.207 e. The molecule has 5 heteroatoms. The Morgan fingerprint density at radius 2 is 1.82 bits per heavy atom. The third kappa shape index (κ3) is 2.72. The molecule has 3 nitrogen and oxygen atoms in total.